The first-order chi connectivity index (χ1) is 22.2. The number of ether oxygens (including phenoxy) is 4. The van der Waals surface area contributed by atoms with Gasteiger partial charge in [0.2, 0.25) is 0 Å². The van der Waals surface area contributed by atoms with Gasteiger partial charge in [-0.25, -0.2) is 0 Å². The molecule has 0 aromatic carbocycles. The number of morpholine rings is 1. The summed E-state index contributed by atoms with van der Waals surface area (Å²) in [4.78, 5) is 2.28. The summed E-state index contributed by atoms with van der Waals surface area (Å²) in [6.45, 7) is 25.0. The average Bonchev–Trinajstić information content (AvgIpc) is 3.61. The minimum absolute atomic E-state index is 0.00695. The van der Waals surface area contributed by atoms with E-state index >= 15 is 0 Å². The van der Waals surface area contributed by atoms with E-state index in [1.165, 1.54) is 25.7 Å². The molecule has 0 radical (unpaired) electrons. The van der Waals surface area contributed by atoms with E-state index in [9.17, 15) is 15.3 Å². The molecule has 276 valence electrons. The fraction of sp³-hybridized carbons (Fsp3) is 1.00. The molecule has 3 N–H and O–H groups in total. The molecule has 0 aromatic heterocycles. The Labute approximate surface area is 291 Å². The molecule has 2 heterocycles. The van der Waals surface area contributed by atoms with E-state index < -0.39 is 23.4 Å². The van der Waals surface area contributed by atoms with Crippen LogP contribution in [0.25, 0.3) is 0 Å². The molecular weight excluding hydrogens is 606 g/mol. The van der Waals surface area contributed by atoms with Gasteiger partial charge >= 0.3 is 0 Å². The lowest BCUT2D eigenvalue weighted by molar-refractivity contribution is -0.250. The zero-order valence-corrected chi connectivity index (χ0v) is 31.9. The van der Waals surface area contributed by atoms with Crippen molar-refractivity contribution in [1.29, 1.82) is 0 Å². The second-order valence-corrected chi connectivity index (χ2v) is 20.1. The summed E-state index contributed by atoms with van der Waals surface area (Å²) in [6, 6.07) is 0. The number of aliphatic hydroxyl groups excluding tert-OH is 1. The van der Waals surface area contributed by atoms with Crippen molar-refractivity contribution >= 4 is 0 Å². The molecule has 7 aliphatic rings. The lowest BCUT2D eigenvalue weighted by Gasteiger charge is -2.64. The van der Waals surface area contributed by atoms with Crippen molar-refractivity contribution in [2.45, 2.75) is 169 Å². The number of hydrogen-bond donors (Lipinski definition) is 3. The van der Waals surface area contributed by atoms with Crippen molar-refractivity contribution in [2.24, 2.45) is 50.7 Å². The highest BCUT2D eigenvalue weighted by Crippen LogP contribution is 2.89. The summed E-state index contributed by atoms with van der Waals surface area (Å²) in [5.41, 5.74) is -1.31. The maximum Gasteiger partial charge on any atom is 0.170 e. The molecule has 0 bridgehead atoms. The van der Waals surface area contributed by atoms with E-state index in [0.717, 1.165) is 32.2 Å². The first-order valence-electron chi connectivity index (χ1n) is 19.6. The van der Waals surface area contributed by atoms with Gasteiger partial charge < -0.3 is 34.3 Å². The normalized spacial score (nSPS) is 50.8. The Morgan fingerprint density at radius 2 is 1.65 bits per heavy atom. The third-order valence-corrected chi connectivity index (χ3v) is 16.2. The molecule has 5 aliphatic carbocycles. The molecule has 8 heteroatoms. The molecule has 2 aliphatic heterocycles. The first kappa shape index (κ1) is 36.1. The Kier molecular flexibility index (Phi) is 8.70. The van der Waals surface area contributed by atoms with Crippen LogP contribution in [-0.4, -0.2) is 101 Å². The van der Waals surface area contributed by atoms with Gasteiger partial charge in [0.1, 0.15) is 6.10 Å². The SMILES string of the molecule is CCOC(C1CC(C)C2C(O1)C(O)C1(C)C3CCC4C(C)(C)C(OC5CN(CC(C)(C)O)CCO5)CCC45CC35CCC21C)C(C)(C)O. The first-order valence-corrected chi connectivity index (χ1v) is 19.6. The van der Waals surface area contributed by atoms with Gasteiger partial charge in [0.05, 0.1) is 42.2 Å². The molecule has 7 fully saturated rings. The van der Waals surface area contributed by atoms with Gasteiger partial charge in [0, 0.05) is 31.7 Å². The maximum absolute atomic E-state index is 12.6. The molecule has 14 unspecified atom stereocenters. The van der Waals surface area contributed by atoms with Crippen molar-refractivity contribution in [2.75, 3.05) is 32.8 Å². The molecular formula is C40H69NO7. The van der Waals surface area contributed by atoms with E-state index in [1.54, 1.807) is 0 Å². The fourth-order valence-corrected chi connectivity index (χ4v) is 14.3. The number of β-amino-alcohol motifs (C(OH)–C–C–N with tert-alkyl or cyclic N) is 1. The van der Waals surface area contributed by atoms with Gasteiger partial charge in [-0.05, 0) is 131 Å². The third kappa shape index (κ3) is 5.10. The lowest BCUT2D eigenvalue weighted by Crippen LogP contribution is -2.60. The van der Waals surface area contributed by atoms with Crippen LogP contribution in [0.5, 0.6) is 0 Å². The lowest BCUT2D eigenvalue weighted by atomic mass is 9.41. The Hall–Kier alpha value is -0.320. The van der Waals surface area contributed by atoms with Gasteiger partial charge in [-0.15, -0.1) is 0 Å². The molecule has 8 nitrogen and oxygen atoms in total. The highest BCUT2D eigenvalue weighted by atomic mass is 16.7. The molecule has 48 heavy (non-hydrogen) atoms. The minimum atomic E-state index is -1.02. The maximum atomic E-state index is 12.6. The van der Waals surface area contributed by atoms with Gasteiger partial charge in [0.15, 0.2) is 6.29 Å². The summed E-state index contributed by atoms with van der Waals surface area (Å²) in [5, 5.41) is 34.1. The molecule has 5 saturated carbocycles. The van der Waals surface area contributed by atoms with Crippen LogP contribution in [0.3, 0.4) is 0 Å². The van der Waals surface area contributed by atoms with Crippen LogP contribution >= 0.6 is 0 Å². The summed E-state index contributed by atoms with van der Waals surface area (Å²) in [5.74, 6) is 1.77. The monoisotopic (exact) mass is 676 g/mol. The van der Waals surface area contributed by atoms with Crippen molar-refractivity contribution in [3.8, 4) is 0 Å². The number of fused-ring (bicyclic) bond motifs is 4. The van der Waals surface area contributed by atoms with E-state index in [2.05, 4.69) is 39.5 Å². The smallest absolute Gasteiger partial charge is 0.170 e. The Morgan fingerprint density at radius 1 is 0.958 bits per heavy atom. The van der Waals surface area contributed by atoms with Crippen LogP contribution in [0.4, 0.5) is 0 Å². The second kappa shape index (κ2) is 11.6. The van der Waals surface area contributed by atoms with Crippen LogP contribution < -0.4 is 0 Å². The molecule has 14 atom stereocenters. The molecule has 2 spiro atoms. The Bertz CT molecular complexity index is 1210. The zero-order chi connectivity index (χ0) is 34.9. The molecule has 2 saturated heterocycles. The predicted molar refractivity (Wildman–Crippen MR) is 185 cm³/mol. The number of aliphatic hydroxyl groups is 3. The summed E-state index contributed by atoms with van der Waals surface area (Å²) >= 11 is 0. The summed E-state index contributed by atoms with van der Waals surface area (Å²) in [6.07, 6.45) is 7.67. The standard InChI is InChI=1S/C40H69NO7/c1-11-45-33(36(7,8)44)25-20-24(2)30-31(47-25)32(42)38(10)27-13-12-26-35(5,6)28(48-29-21-41(18-19-46-29)23-34(3,4)43)14-15-39(26)22-40(27,39)17-16-37(30,38)9/h24-33,42-44H,11-23H2,1-10H3. The topological polar surface area (TPSA) is 101 Å². The number of nitrogens with zero attached hydrogens (tertiary/aromatic N) is 1. The van der Waals surface area contributed by atoms with Crippen molar-refractivity contribution in [3.05, 3.63) is 0 Å². The summed E-state index contributed by atoms with van der Waals surface area (Å²) < 4.78 is 26.1. The molecule has 7 rings (SSSR count). The largest absolute Gasteiger partial charge is 0.390 e. The highest BCUT2D eigenvalue weighted by Gasteiger charge is 2.84. The number of rotatable bonds is 8. The van der Waals surface area contributed by atoms with Crippen LogP contribution in [0.15, 0.2) is 0 Å². The Balaban J connectivity index is 1.11. The average molecular weight is 676 g/mol. The van der Waals surface area contributed by atoms with Crippen LogP contribution in [0.1, 0.15) is 121 Å². The number of hydrogen-bond acceptors (Lipinski definition) is 8. The molecule has 0 amide bonds. The van der Waals surface area contributed by atoms with Crippen molar-refractivity contribution in [3.63, 3.8) is 0 Å². The second-order valence-electron chi connectivity index (χ2n) is 20.1. The van der Waals surface area contributed by atoms with Crippen molar-refractivity contribution < 1.29 is 34.3 Å². The van der Waals surface area contributed by atoms with Gasteiger partial charge in [0.25, 0.3) is 0 Å². The summed E-state index contributed by atoms with van der Waals surface area (Å²) in [7, 11) is 0. The van der Waals surface area contributed by atoms with E-state index in [-0.39, 0.29) is 46.3 Å². The van der Waals surface area contributed by atoms with E-state index in [1.807, 2.05) is 34.6 Å². The quantitative estimate of drug-likeness (QED) is 0.298. The van der Waals surface area contributed by atoms with Crippen LogP contribution in [-0.2, 0) is 18.9 Å². The van der Waals surface area contributed by atoms with Gasteiger partial charge in [-0.2, -0.15) is 0 Å². The van der Waals surface area contributed by atoms with Gasteiger partial charge in [-0.3, -0.25) is 4.90 Å². The third-order valence-electron chi connectivity index (χ3n) is 16.2. The fourth-order valence-electron chi connectivity index (χ4n) is 14.3. The van der Waals surface area contributed by atoms with E-state index in [4.69, 9.17) is 18.9 Å². The van der Waals surface area contributed by atoms with Crippen LogP contribution in [0.2, 0.25) is 0 Å². The van der Waals surface area contributed by atoms with Crippen molar-refractivity contribution in [1.82, 2.24) is 4.90 Å². The van der Waals surface area contributed by atoms with Gasteiger partial charge in [-0.1, -0.05) is 34.6 Å². The van der Waals surface area contributed by atoms with Crippen LogP contribution in [0, 0.1) is 50.7 Å². The van der Waals surface area contributed by atoms with E-state index in [0.29, 0.717) is 55.4 Å². The predicted octanol–water partition coefficient (Wildman–Crippen LogP) is 5.79. The minimum Gasteiger partial charge on any atom is -0.390 e. The molecule has 0 aromatic rings. The highest BCUT2D eigenvalue weighted by molar-refractivity contribution is 5.33. The Morgan fingerprint density at radius 3 is 2.31 bits per heavy atom. The zero-order valence-electron chi connectivity index (χ0n) is 31.9.